The molecule has 1 heterocycles. The van der Waals surface area contributed by atoms with Crippen LogP contribution in [0.3, 0.4) is 0 Å². The summed E-state index contributed by atoms with van der Waals surface area (Å²) in [6.45, 7) is 5.29. The van der Waals surface area contributed by atoms with Crippen LogP contribution in [0.25, 0.3) is 0 Å². The van der Waals surface area contributed by atoms with E-state index in [1.165, 1.54) is 19.8 Å². The van der Waals surface area contributed by atoms with E-state index in [4.69, 9.17) is 4.74 Å². The lowest BCUT2D eigenvalue weighted by Gasteiger charge is -2.20. The van der Waals surface area contributed by atoms with Gasteiger partial charge >= 0.3 is 0 Å². The average molecular weight is 354 g/mol. The number of ether oxygens (including phenoxy) is 1. The van der Waals surface area contributed by atoms with E-state index in [0.29, 0.717) is 0 Å². The summed E-state index contributed by atoms with van der Waals surface area (Å²) in [6.07, 6.45) is 1.11. The van der Waals surface area contributed by atoms with Crippen LogP contribution < -0.4 is 10.1 Å². The number of nitrogens with one attached hydrogen (secondary N) is 1. The summed E-state index contributed by atoms with van der Waals surface area (Å²) in [6, 6.07) is 10.7. The van der Waals surface area contributed by atoms with Crippen molar-refractivity contribution >= 4 is 27.3 Å². The highest BCUT2D eigenvalue weighted by atomic mass is 79.9. The molecule has 20 heavy (non-hydrogen) atoms. The van der Waals surface area contributed by atoms with Crippen molar-refractivity contribution in [2.45, 2.75) is 26.3 Å². The molecular weight excluding hydrogens is 334 g/mol. The molecule has 0 saturated carbocycles. The first kappa shape index (κ1) is 15.5. The van der Waals surface area contributed by atoms with E-state index in [-0.39, 0.29) is 6.04 Å². The van der Waals surface area contributed by atoms with Crippen LogP contribution in [0.15, 0.2) is 34.1 Å². The molecule has 0 fully saturated rings. The van der Waals surface area contributed by atoms with Gasteiger partial charge in [-0.1, -0.05) is 25.1 Å². The summed E-state index contributed by atoms with van der Waals surface area (Å²) >= 11 is 5.41. The van der Waals surface area contributed by atoms with Gasteiger partial charge in [-0.3, -0.25) is 0 Å². The molecule has 0 spiro atoms. The van der Waals surface area contributed by atoms with E-state index in [1.807, 2.05) is 12.1 Å². The van der Waals surface area contributed by atoms with Crippen LogP contribution >= 0.6 is 27.3 Å². The van der Waals surface area contributed by atoms with E-state index in [0.717, 1.165) is 18.7 Å². The topological polar surface area (TPSA) is 21.3 Å². The summed E-state index contributed by atoms with van der Waals surface area (Å²) in [4.78, 5) is 1.31. The van der Waals surface area contributed by atoms with Crippen molar-refractivity contribution in [3.8, 4) is 5.75 Å². The monoisotopic (exact) mass is 353 g/mol. The lowest BCUT2D eigenvalue weighted by Crippen LogP contribution is -2.22. The second-order valence-corrected chi connectivity index (χ2v) is 7.14. The molecule has 1 unspecified atom stereocenters. The molecule has 0 amide bonds. The molecule has 1 atom stereocenters. The van der Waals surface area contributed by atoms with Crippen molar-refractivity contribution in [3.63, 3.8) is 0 Å². The van der Waals surface area contributed by atoms with Gasteiger partial charge in [0.25, 0.3) is 0 Å². The molecule has 1 aromatic heterocycles. The molecular formula is C16H20BrNOS. The van der Waals surface area contributed by atoms with E-state index in [9.17, 15) is 0 Å². The summed E-state index contributed by atoms with van der Waals surface area (Å²) < 4.78 is 6.72. The molecule has 2 rings (SSSR count). The maximum atomic E-state index is 5.52. The van der Waals surface area contributed by atoms with Crippen molar-refractivity contribution in [2.75, 3.05) is 13.7 Å². The Bertz CT molecular complexity index is 548. The standard InChI is InChI=1S/C16H20BrNOS/c1-4-9-18-15(14-10-11(2)16(17)20-14)12-7-5-6-8-13(12)19-3/h5-8,10,15,18H,4,9H2,1-3H3. The van der Waals surface area contributed by atoms with E-state index >= 15 is 0 Å². The fourth-order valence-electron chi connectivity index (χ4n) is 2.18. The Balaban J connectivity index is 2.41. The third-order valence-electron chi connectivity index (χ3n) is 3.21. The highest BCUT2D eigenvalue weighted by Crippen LogP contribution is 2.37. The first-order valence-electron chi connectivity index (χ1n) is 6.79. The summed E-state index contributed by atoms with van der Waals surface area (Å²) in [5.41, 5.74) is 2.47. The third-order valence-corrected chi connectivity index (χ3v) is 5.41. The Hall–Kier alpha value is -0.840. The molecule has 4 heteroatoms. The van der Waals surface area contributed by atoms with Crippen LogP contribution in [0.5, 0.6) is 5.75 Å². The molecule has 0 aliphatic carbocycles. The second-order valence-electron chi connectivity index (χ2n) is 4.73. The third kappa shape index (κ3) is 3.43. The minimum Gasteiger partial charge on any atom is -0.496 e. The van der Waals surface area contributed by atoms with Gasteiger partial charge in [0.05, 0.1) is 16.9 Å². The van der Waals surface area contributed by atoms with Crippen LogP contribution in [0.4, 0.5) is 0 Å². The van der Waals surface area contributed by atoms with Gasteiger partial charge in [-0.05, 0) is 53.5 Å². The lowest BCUT2D eigenvalue weighted by atomic mass is 10.0. The number of benzene rings is 1. The summed E-state index contributed by atoms with van der Waals surface area (Å²) in [7, 11) is 1.73. The lowest BCUT2D eigenvalue weighted by molar-refractivity contribution is 0.404. The first-order chi connectivity index (χ1) is 9.67. The van der Waals surface area contributed by atoms with Crippen LogP contribution in [0, 0.1) is 6.92 Å². The van der Waals surface area contributed by atoms with Crippen LogP contribution in [0.2, 0.25) is 0 Å². The minimum atomic E-state index is 0.182. The van der Waals surface area contributed by atoms with E-state index in [2.05, 4.69) is 53.3 Å². The fourth-order valence-corrected chi connectivity index (χ4v) is 3.85. The van der Waals surface area contributed by atoms with Crippen molar-refractivity contribution in [1.82, 2.24) is 5.32 Å². The highest BCUT2D eigenvalue weighted by Gasteiger charge is 2.20. The van der Waals surface area contributed by atoms with Crippen molar-refractivity contribution < 1.29 is 4.74 Å². The predicted octanol–water partition coefficient (Wildman–Crippen LogP) is 4.92. The number of aryl methyl sites for hydroxylation is 1. The number of halogens is 1. The van der Waals surface area contributed by atoms with Gasteiger partial charge in [0.2, 0.25) is 0 Å². The van der Waals surface area contributed by atoms with Crippen LogP contribution in [0.1, 0.15) is 35.4 Å². The molecule has 0 aliphatic rings. The number of hydrogen-bond acceptors (Lipinski definition) is 3. The summed E-state index contributed by atoms with van der Waals surface area (Å²) in [5, 5.41) is 3.63. The molecule has 0 aliphatic heterocycles. The molecule has 1 aromatic carbocycles. The van der Waals surface area contributed by atoms with Gasteiger partial charge in [0, 0.05) is 10.4 Å². The maximum Gasteiger partial charge on any atom is 0.124 e. The number of para-hydroxylation sites is 1. The normalized spacial score (nSPS) is 12.4. The van der Waals surface area contributed by atoms with Crippen LogP contribution in [-0.4, -0.2) is 13.7 Å². The minimum absolute atomic E-state index is 0.182. The quantitative estimate of drug-likeness (QED) is 0.795. The number of methoxy groups -OCH3 is 1. The zero-order chi connectivity index (χ0) is 14.5. The van der Waals surface area contributed by atoms with Gasteiger partial charge in [-0.15, -0.1) is 11.3 Å². The predicted molar refractivity (Wildman–Crippen MR) is 89.9 cm³/mol. The van der Waals surface area contributed by atoms with Crippen molar-refractivity contribution in [1.29, 1.82) is 0 Å². The van der Waals surface area contributed by atoms with Crippen LogP contribution in [-0.2, 0) is 0 Å². The molecule has 0 radical (unpaired) electrons. The Morgan fingerprint density at radius 2 is 2.10 bits per heavy atom. The van der Waals surface area contributed by atoms with Gasteiger partial charge in [-0.2, -0.15) is 0 Å². The van der Waals surface area contributed by atoms with Crippen molar-refractivity contribution in [3.05, 3.63) is 50.1 Å². The van der Waals surface area contributed by atoms with E-state index < -0.39 is 0 Å². The molecule has 2 nitrogen and oxygen atoms in total. The largest absolute Gasteiger partial charge is 0.496 e. The van der Waals surface area contributed by atoms with Crippen molar-refractivity contribution in [2.24, 2.45) is 0 Å². The molecule has 2 aromatic rings. The zero-order valence-electron chi connectivity index (χ0n) is 12.1. The SMILES string of the molecule is CCCNC(c1cc(C)c(Br)s1)c1ccccc1OC. The molecule has 108 valence electrons. The first-order valence-corrected chi connectivity index (χ1v) is 8.40. The Morgan fingerprint density at radius 3 is 2.70 bits per heavy atom. The van der Waals surface area contributed by atoms with E-state index in [1.54, 1.807) is 18.4 Å². The summed E-state index contributed by atoms with van der Waals surface area (Å²) in [5.74, 6) is 0.934. The smallest absolute Gasteiger partial charge is 0.124 e. The van der Waals surface area contributed by atoms with Gasteiger partial charge in [-0.25, -0.2) is 0 Å². The Labute approximate surface area is 133 Å². The number of rotatable bonds is 6. The average Bonchev–Trinajstić information content (AvgIpc) is 2.79. The maximum absolute atomic E-state index is 5.52. The fraction of sp³-hybridized carbons (Fsp3) is 0.375. The molecule has 0 saturated heterocycles. The highest BCUT2D eigenvalue weighted by molar-refractivity contribution is 9.11. The number of hydrogen-bond donors (Lipinski definition) is 1. The Morgan fingerprint density at radius 1 is 1.35 bits per heavy atom. The van der Waals surface area contributed by atoms with Gasteiger partial charge < -0.3 is 10.1 Å². The van der Waals surface area contributed by atoms with Gasteiger partial charge in [0.1, 0.15) is 5.75 Å². The Kier molecular flexibility index (Phi) is 5.64. The molecule has 0 bridgehead atoms. The molecule has 1 N–H and O–H groups in total. The number of thiophene rings is 1. The zero-order valence-corrected chi connectivity index (χ0v) is 14.5. The second kappa shape index (κ2) is 7.25. The van der Waals surface area contributed by atoms with Gasteiger partial charge in [0.15, 0.2) is 0 Å².